The van der Waals surface area contributed by atoms with E-state index in [1.54, 1.807) is 0 Å². The molecular formula is C16H19N3O. The molecule has 0 radical (unpaired) electrons. The summed E-state index contributed by atoms with van der Waals surface area (Å²) in [6.45, 7) is 6.08. The van der Waals surface area contributed by atoms with Crippen LogP contribution in [0.15, 0.2) is 28.7 Å². The van der Waals surface area contributed by atoms with Crippen LogP contribution in [0.3, 0.4) is 0 Å². The first-order valence-corrected chi connectivity index (χ1v) is 6.73. The van der Waals surface area contributed by atoms with E-state index in [0.29, 0.717) is 0 Å². The minimum atomic E-state index is -0.281. The predicted octanol–water partition coefficient (Wildman–Crippen LogP) is 3.14. The van der Waals surface area contributed by atoms with E-state index in [9.17, 15) is 0 Å². The van der Waals surface area contributed by atoms with Crippen molar-refractivity contribution in [1.29, 1.82) is 0 Å². The first-order chi connectivity index (χ1) is 9.47. The molecule has 0 bridgehead atoms. The van der Waals surface area contributed by atoms with E-state index in [1.807, 2.05) is 43.8 Å². The molecule has 20 heavy (non-hydrogen) atoms. The van der Waals surface area contributed by atoms with Crippen molar-refractivity contribution in [2.45, 2.75) is 26.8 Å². The number of benzene rings is 1. The summed E-state index contributed by atoms with van der Waals surface area (Å²) < 4.78 is 7.75. The number of fused-ring (bicyclic) bond motifs is 1. The lowest BCUT2D eigenvalue weighted by atomic mass is 10.0. The predicted molar refractivity (Wildman–Crippen MR) is 79.7 cm³/mol. The van der Waals surface area contributed by atoms with E-state index in [2.05, 4.69) is 18.1 Å². The Hall–Kier alpha value is -2.07. The third-order valence-corrected chi connectivity index (χ3v) is 3.87. The number of aromatic nitrogens is 2. The Morgan fingerprint density at radius 1 is 1.20 bits per heavy atom. The Morgan fingerprint density at radius 2 is 1.95 bits per heavy atom. The molecule has 104 valence electrons. The van der Waals surface area contributed by atoms with Crippen LogP contribution in [0.4, 0.5) is 0 Å². The summed E-state index contributed by atoms with van der Waals surface area (Å²) in [5, 5.41) is 5.51. The fourth-order valence-corrected chi connectivity index (χ4v) is 2.72. The fraction of sp³-hybridized carbons (Fsp3) is 0.312. The van der Waals surface area contributed by atoms with Gasteiger partial charge in [-0.1, -0.05) is 11.6 Å². The van der Waals surface area contributed by atoms with E-state index in [0.717, 1.165) is 33.7 Å². The first-order valence-electron chi connectivity index (χ1n) is 6.73. The molecule has 2 N–H and O–H groups in total. The quantitative estimate of drug-likeness (QED) is 0.777. The van der Waals surface area contributed by atoms with Crippen molar-refractivity contribution < 1.29 is 4.42 Å². The molecule has 0 aliphatic carbocycles. The molecule has 2 aromatic heterocycles. The molecule has 3 rings (SSSR count). The van der Waals surface area contributed by atoms with Crippen LogP contribution in [-0.4, -0.2) is 9.78 Å². The molecular weight excluding hydrogens is 250 g/mol. The molecule has 0 saturated carbocycles. The van der Waals surface area contributed by atoms with Crippen LogP contribution in [0.1, 0.15) is 34.3 Å². The van der Waals surface area contributed by atoms with Crippen LogP contribution in [0, 0.1) is 20.8 Å². The second-order valence-electron chi connectivity index (χ2n) is 5.38. The van der Waals surface area contributed by atoms with Crippen LogP contribution < -0.4 is 5.73 Å². The van der Waals surface area contributed by atoms with Gasteiger partial charge in [0.1, 0.15) is 11.3 Å². The molecule has 4 nitrogen and oxygen atoms in total. The van der Waals surface area contributed by atoms with E-state index in [4.69, 9.17) is 10.2 Å². The molecule has 4 heteroatoms. The Kier molecular flexibility index (Phi) is 2.91. The molecule has 1 aromatic carbocycles. The highest BCUT2D eigenvalue weighted by Crippen LogP contribution is 2.30. The van der Waals surface area contributed by atoms with Gasteiger partial charge in [0, 0.05) is 23.7 Å². The van der Waals surface area contributed by atoms with Crippen LogP contribution in [0.25, 0.3) is 11.0 Å². The highest BCUT2D eigenvalue weighted by molar-refractivity contribution is 5.79. The summed E-state index contributed by atoms with van der Waals surface area (Å²) in [6.07, 6.45) is 0. The van der Waals surface area contributed by atoms with Crippen LogP contribution >= 0.6 is 0 Å². The van der Waals surface area contributed by atoms with Gasteiger partial charge in [-0.05, 0) is 39.0 Å². The van der Waals surface area contributed by atoms with E-state index in [1.165, 1.54) is 5.56 Å². The van der Waals surface area contributed by atoms with Crippen LogP contribution in [0.2, 0.25) is 0 Å². The standard InChI is InChI=1S/C16H19N3O/c1-9-5-6-13-12(7-9)8-14(20-13)16(17)15-10(2)18-19(4)11(15)3/h5-8,16H,17H2,1-4H3. The highest BCUT2D eigenvalue weighted by Gasteiger charge is 2.21. The summed E-state index contributed by atoms with van der Waals surface area (Å²) in [5.41, 5.74) is 11.5. The van der Waals surface area contributed by atoms with Gasteiger partial charge in [-0.2, -0.15) is 5.10 Å². The molecule has 3 aromatic rings. The zero-order valence-electron chi connectivity index (χ0n) is 12.3. The van der Waals surface area contributed by atoms with Gasteiger partial charge in [-0.15, -0.1) is 0 Å². The Labute approximate surface area is 118 Å². The number of nitrogens with zero attached hydrogens (tertiary/aromatic N) is 2. The lowest BCUT2D eigenvalue weighted by Gasteiger charge is -2.09. The minimum Gasteiger partial charge on any atom is -0.459 e. The monoisotopic (exact) mass is 269 g/mol. The Morgan fingerprint density at radius 3 is 2.60 bits per heavy atom. The van der Waals surface area contributed by atoms with Gasteiger partial charge in [0.25, 0.3) is 0 Å². The molecule has 1 atom stereocenters. The summed E-state index contributed by atoms with van der Waals surface area (Å²) in [5.74, 6) is 0.782. The van der Waals surface area contributed by atoms with Crippen LogP contribution in [-0.2, 0) is 7.05 Å². The molecule has 0 fully saturated rings. The van der Waals surface area contributed by atoms with Gasteiger partial charge >= 0.3 is 0 Å². The molecule has 2 heterocycles. The molecule has 0 saturated heterocycles. The normalized spacial score (nSPS) is 13.1. The zero-order chi connectivity index (χ0) is 14.4. The van der Waals surface area contributed by atoms with Gasteiger partial charge in [0.2, 0.25) is 0 Å². The van der Waals surface area contributed by atoms with Gasteiger partial charge in [-0.3, -0.25) is 4.68 Å². The summed E-state index contributed by atoms with van der Waals surface area (Å²) in [7, 11) is 1.93. The Bertz CT molecular complexity index is 782. The molecule has 0 spiro atoms. The highest BCUT2D eigenvalue weighted by atomic mass is 16.3. The number of hydrogen-bond acceptors (Lipinski definition) is 3. The van der Waals surface area contributed by atoms with Gasteiger partial charge < -0.3 is 10.2 Å². The second-order valence-corrected chi connectivity index (χ2v) is 5.38. The van der Waals surface area contributed by atoms with E-state index < -0.39 is 0 Å². The second kappa shape index (κ2) is 4.49. The van der Waals surface area contributed by atoms with Crippen molar-refractivity contribution in [2.75, 3.05) is 0 Å². The molecule has 1 unspecified atom stereocenters. The third kappa shape index (κ3) is 1.93. The topological polar surface area (TPSA) is 57.0 Å². The summed E-state index contributed by atoms with van der Waals surface area (Å²) in [6, 6.07) is 7.89. The van der Waals surface area contributed by atoms with Gasteiger partial charge in [-0.25, -0.2) is 0 Å². The van der Waals surface area contributed by atoms with Gasteiger partial charge in [0.15, 0.2) is 0 Å². The maximum absolute atomic E-state index is 6.39. The lowest BCUT2D eigenvalue weighted by Crippen LogP contribution is -2.13. The van der Waals surface area contributed by atoms with Crippen molar-refractivity contribution in [3.63, 3.8) is 0 Å². The van der Waals surface area contributed by atoms with Crippen molar-refractivity contribution in [1.82, 2.24) is 9.78 Å². The van der Waals surface area contributed by atoms with Crippen molar-refractivity contribution in [3.05, 3.63) is 52.5 Å². The fourth-order valence-electron chi connectivity index (χ4n) is 2.72. The molecule has 0 aliphatic heterocycles. The summed E-state index contributed by atoms with van der Waals surface area (Å²) >= 11 is 0. The maximum Gasteiger partial charge on any atom is 0.134 e. The van der Waals surface area contributed by atoms with Crippen molar-refractivity contribution in [2.24, 2.45) is 12.8 Å². The number of nitrogens with two attached hydrogens (primary N) is 1. The van der Waals surface area contributed by atoms with Crippen molar-refractivity contribution in [3.8, 4) is 0 Å². The van der Waals surface area contributed by atoms with Crippen LogP contribution in [0.5, 0.6) is 0 Å². The van der Waals surface area contributed by atoms with E-state index >= 15 is 0 Å². The number of furan rings is 1. The summed E-state index contributed by atoms with van der Waals surface area (Å²) in [4.78, 5) is 0. The third-order valence-electron chi connectivity index (χ3n) is 3.87. The number of aryl methyl sites for hydroxylation is 3. The minimum absolute atomic E-state index is 0.281. The molecule has 0 aliphatic rings. The SMILES string of the molecule is Cc1ccc2oc(C(N)c3c(C)nn(C)c3C)cc2c1. The first kappa shape index (κ1) is 12.9. The average molecular weight is 269 g/mol. The van der Waals surface area contributed by atoms with Crippen molar-refractivity contribution >= 4 is 11.0 Å². The largest absolute Gasteiger partial charge is 0.459 e. The smallest absolute Gasteiger partial charge is 0.134 e. The van der Waals surface area contributed by atoms with E-state index in [-0.39, 0.29) is 6.04 Å². The Balaban J connectivity index is 2.10. The lowest BCUT2D eigenvalue weighted by molar-refractivity contribution is 0.523. The number of hydrogen-bond donors (Lipinski definition) is 1. The number of rotatable bonds is 2. The van der Waals surface area contributed by atoms with Gasteiger partial charge in [0.05, 0.1) is 11.7 Å². The molecule has 0 amide bonds. The maximum atomic E-state index is 6.39. The zero-order valence-corrected chi connectivity index (χ0v) is 12.3. The average Bonchev–Trinajstić information content (AvgIpc) is 2.91.